The predicted octanol–water partition coefficient (Wildman–Crippen LogP) is 2.80. The molecule has 2 aliphatic heterocycles. The summed E-state index contributed by atoms with van der Waals surface area (Å²) in [6.45, 7) is 7.88. The molecule has 1 N–H and O–H groups in total. The van der Waals surface area contributed by atoms with E-state index in [0.29, 0.717) is 12.1 Å². The Morgan fingerprint density at radius 2 is 2.10 bits per heavy atom. The second-order valence-corrected chi connectivity index (χ2v) is 6.28. The Labute approximate surface area is 122 Å². The minimum Gasteiger partial charge on any atom is -0.388 e. The SMILES string of the molecule is CC[C@H](O)c1ccccc1N1CC2CCCN2CC1C. The number of rotatable bonds is 3. The Morgan fingerprint density at radius 3 is 2.90 bits per heavy atom. The van der Waals surface area contributed by atoms with Crippen LogP contribution >= 0.6 is 0 Å². The lowest BCUT2D eigenvalue weighted by Gasteiger charge is -2.44. The number of fused-ring (bicyclic) bond motifs is 1. The zero-order chi connectivity index (χ0) is 14.1. The summed E-state index contributed by atoms with van der Waals surface area (Å²) in [5, 5.41) is 10.3. The van der Waals surface area contributed by atoms with Gasteiger partial charge >= 0.3 is 0 Å². The van der Waals surface area contributed by atoms with E-state index in [2.05, 4.69) is 34.9 Å². The molecule has 0 amide bonds. The topological polar surface area (TPSA) is 26.7 Å². The van der Waals surface area contributed by atoms with Crippen molar-refractivity contribution in [2.24, 2.45) is 0 Å². The van der Waals surface area contributed by atoms with Crippen LogP contribution in [0, 0.1) is 0 Å². The molecule has 3 atom stereocenters. The Kier molecular flexibility index (Phi) is 3.99. The van der Waals surface area contributed by atoms with Crippen LogP contribution in [0.4, 0.5) is 5.69 Å². The van der Waals surface area contributed by atoms with Gasteiger partial charge in [0.2, 0.25) is 0 Å². The lowest BCUT2D eigenvalue weighted by atomic mass is 10.0. The first-order valence-electron chi connectivity index (χ1n) is 7.98. The first-order valence-corrected chi connectivity index (χ1v) is 7.98. The van der Waals surface area contributed by atoms with Gasteiger partial charge in [-0.05, 0) is 38.8 Å². The fourth-order valence-electron chi connectivity index (χ4n) is 3.77. The fraction of sp³-hybridized carbons (Fsp3) is 0.647. The van der Waals surface area contributed by atoms with Crippen LogP contribution < -0.4 is 4.90 Å². The van der Waals surface area contributed by atoms with Crippen LogP contribution in [0.25, 0.3) is 0 Å². The third kappa shape index (κ3) is 2.45. The zero-order valence-electron chi connectivity index (χ0n) is 12.6. The number of para-hydroxylation sites is 1. The summed E-state index contributed by atoms with van der Waals surface area (Å²) in [5.74, 6) is 0. The van der Waals surface area contributed by atoms with E-state index in [0.717, 1.165) is 25.1 Å². The van der Waals surface area contributed by atoms with Crippen LogP contribution in [0.15, 0.2) is 24.3 Å². The molecule has 0 saturated carbocycles. The van der Waals surface area contributed by atoms with Gasteiger partial charge in [0.05, 0.1) is 6.10 Å². The summed E-state index contributed by atoms with van der Waals surface area (Å²) < 4.78 is 0. The lowest BCUT2D eigenvalue weighted by molar-refractivity contribution is 0.172. The van der Waals surface area contributed by atoms with Gasteiger partial charge in [0, 0.05) is 36.4 Å². The molecule has 3 nitrogen and oxygen atoms in total. The minimum absolute atomic E-state index is 0.347. The molecule has 110 valence electrons. The fourth-order valence-corrected chi connectivity index (χ4v) is 3.77. The molecule has 3 rings (SSSR count). The highest BCUT2D eigenvalue weighted by Crippen LogP contribution is 2.33. The molecule has 2 aliphatic rings. The average molecular weight is 274 g/mol. The van der Waals surface area contributed by atoms with Crippen LogP contribution in [0.2, 0.25) is 0 Å². The van der Waals surface area contributed by atoms with Crippen LogP contribution in [-0.2, 0) is 0 Å². The highest BCUT2D eigenvalue weighted by molar-refractivity contribution is 5.56. The maximum absolute atomic E-state index is 10.3. The summed E-state index contributed by atoms with van der Waals surface area (Å²) in [6.07, 6.45) is 3.08. The van der Waals surface area contributed by atoms with Gasteiger partial charge in [0.25, 0.3) is 0 Å². The third-order valence-corrected chi connectivity index (χ3v) is 4.93. The lowest BCUT2D eigenvalue weighted by Crippen LogP contribution is -2.55. The second kappa shape index (κ2) is 5.74. The average Bonchev–Trinajstić information content (AvgIpc) is 2.92. The normalized spacial score (nSPS) is 28.4. The van der Waals surface area contributed by atoms with Gasteiger partial charge in [-0.3, -0.25) is 4.90 Å². The number of hydrogen-bond acceptors (Lipinski definition) is 3. The molecule has 2 heterocycles. The summed E-state index contributed by atoms with van der Waals surface area (Å²) in [5.41, 5.74) is 2.33. The van der Waals surface area contributed by atoms with Crippen LogP contribution in [0.3, 0.4) is 0 Å². The van der Waals surface area contributed by atoms with E-state index in [-0.39, 0.29) is 6.10 Å². The number of aliphatic hydroxyl groups excluding tert-OH is 1. The standard InChI is InChI=1S/C17H26N2O/c1-3-17(20)15-8-4-5-9-16(15)19-12-14-7-6-10-18(14)11-13(19)2/h4-5,8-9,13-14,17,20H,3,6-7,10-12H2,1-2H3/t13?,14?,17-/m0/s1. The minimum atomic E-state index is -0.347. The van der Waals surface area contributed by atoms with E-state index in [9.17, 15) is 5.11 Å². The van der Waals surface area contributed by atoms with E-state index >= 15 is 0 Å². The molecule has 0 aromatic heterocycles. The number of aliphatic hydroxyl groups is 1. The van der Waals surface area contributed by atoms with Gasteiger partial charge in [-0.25, -0.2) is 0 Å². The third-order valence-electron chi connectivity index (χ3n) is 4.93. The smallest absolute Gasteiger partial charge is 0.0807 e. The summed E-state index contributed by atoms with van der Waals surface area (Å²) >= 11 is 0. The molecular weight excluding hydrogens is 248 g/mol. The van der Waals surface area contributed by atoms with Crippen molar-refractivity contribution in [3.63, 3.8) is 0 Å². The largest absolute Gasteiger partial charge is 0.388 e. The van der Waals surface area contributed by atoms with Gasteiger partial charge in [0.1, 0.15) is 0 Å². The number of nitrogens with zero attached hydrogens (tertiary/aromatic N) is 2. The van der Waals surface area contributed by atoms with Crippen LogP contribution in [0.1, 0.15) is 44.8 Å². The van der Waals surface area contributed by atoms with Gasteiger partial charge in [-0.2, -0.15) is 0 Å². The molecule has 2 unspecified atom stereocenters. The van der Waals surface area contributed by atoms with Crippen molar-refractivity contribution in [1.29, 1.82) is 0 Å². The molecule has 0 spiro atoms. The molecule has 1 aromatic rings. The van der Waals surface area contributed by atoms with Gasteiger partial charge in [-0.1, -0.05) is 25.1 Å². The maximum atomic E-state index is 10.3. The van der Waals surface area contributed by atoms with Crippen molar-refractivity contribution >= 4 is 5.69 Å². The van der Waals surface area contributed by atoms with Crippen molar-refractivity contribution in [3.8, 4) is 0 Å². The maximum Gasteiger partial charge on any atom is 0.0807 e. The molecule has 20 heavy (non-hydrogen) atoms. The van der Waals surface area contributed by atoms with E-state index < -0.39 is 0 Å². The van der Waals surface area contributed by atoms with Crippen molar-refractivity contribution in [3.05, 3.63) is 29.8 Å². The number of hydrogen-bond donors (Lipinski definition) is 1. The molecule has 1 aromatic carbocycles. The highest BCUT2D eigenvalue weighted by atomic mass is 16.3. The Hall–Kier alpha value is -1.06. The number of anilines is 1. The molecular formula is C17H26N2O. The Morgan fingerprint density at radius 1 is 1.30 bits per heavy atom. The number of piperazine rings is 1. The van der Waals surface area contributed by atoms with Crippen LogP contribution in [-0.4, -0.2) is 41.7 Å². The first kappa shape index (κ1) is 13.9. The van der Waals surface area contributed by atoms with Crippen LogP contribution in [0.5, 0.6) is 0 Å². The summed E-state index contributed by atoms with van der Waals surface area (Å²) in [6, 6.07) is 9.61. The van der Waals surface area contributed by atoms with E-state index in [1.54, 1.807) is 0 Å². The van der Waals surface area contributed by atoms with Gasteiger partial charge in [0.15, 0.2) is 0 Å². The second-order valence-electron chi connectivity index (χ2n) is 6.28. The molecule has 0 bridgehead atoms. The summed E-state index contributed by atoms with van der Waals surface area (Å²) in [7, 11) is 0. The highest BCUT2D eigenvalue weighted by Gasteiger charge is 2.35. The van der Waals surface area contributed by atoms with Crippen molar-refractivity contribution in [1.82, 2.24) is 4.90 Å². The summed E-state index contributed by atoms with van der Waals surface area (Å²) in [4.78, 5) is 5.15. The van der Waals surface area contributed by atoms with Gasteiger partial charge < -0.3 is 10.0 Å². The monoisotopic (exact) mass is 274 g/mol. The molecule has 2 fully saturated rings. The van der Waals surface area contributed by atoms with Gasteiger partial charge in [-0.15, -0.1) is 0 Å². The van der Waals surface area contributed by atoms with Crippen molar-refractivity contribution in [2.45, 2.75) is 51.3 Å². The Bertz CT molecular complexity index is 462. The molecule has 3 heteroatoms. The number of benzene rings is 1. The first-order chi connectivity index (χ1) is 9.70. The molecule has 2 saturated heterocycles. The Balaban J connectivity index is 1.88. The van der Waals surface area contributed by atoms with Crippen molar-refractivity contribution < 1.29 is 5.11 Å². The molecule has 0 radical (unpaired) electrons. The molecule has 0 aliphatic carbocycles. The quantitative estimate of drug-likeness (QED) is 0.918. The van der Waals surface area contributed by atoms with E-state index in [4.69, 9.17) is 0 Å². The van der Waals surface area contributed by atoms with Crippen molar-refractivity contribution in [2.75, 3.05) is 24.5 Å². The predicted molar refractivity (Wildman–Crippen MR) is 83.1 cm³/mol. The zero-order valence-corrected chi connectivity index (χ0v) is 12.6. The van der Waals surface area contributed by atoms with E-state index in [1.165, 1.54) is 25.1 Å². The van der Waals surface area contributed by atoms with E-state index in [1.807, 2.05) is 13.0 Å².